The van der Waals surface area contributed by atoms with E-state index in [0.717, 1.165) is 83.8 Å². The summed E-state index contributed by atoms with van der Waals surface area (Å²) in [6, 6.07) is 1.33. The van der Waals surface area contributed by atoms with Crippen LogP contribution in [-0.4, -0.2) is 116 Å². The highest BCUT2D eigenvalue weighted by atomic mass is 19.1. The molecule has 0 radical (unpaired) electrons. The third-order valence-electron chi connectivity index (χ3n) is 12.5. The SMILES string of the molecule is CCNC12CCC(C(=O)OCCOCCOC(=O)C34CCC(NCC(=O)N5CC(F)CC5C#N)(CC3)CC4)(CC1)CC2.O=CN1CCCC1. The number of amides is 2. The first-order chi connectivity index (χ1) is 23.6. The van der Waals surface area contributed by atoms with Crippen molar-refractivity contribution in [3.8, 4) is 6.07 Å². The summed E-state index contributed by atoms with van der Waals surface area (Å²) in [4.78, 5) is 51.6. The van der Waals surface area contributed by atoms with E-state index in [1.54, 1.807) is 4.90 Å². The van der Waals surface area contributed by atoms with E-state index >= 15 is 0 Å². The minimum Gasteiger partial charge on any atom is -0.463 e. The Morgan fingerprint density at radius 3 is 1.73 bits per heavy atom. The average molecular weight is 690 g/mol. The maximum absolute atomic E-state index is 13.7. The van der Waals surface area contributed by atoms with Gasteiger partial charge in [-0.05, 0) is 96.4 Å². The Labute approximate surface area is 290 Å². The summed E-state index contributed by atoms with van der Waals surface area (Å²) in [6.45, 7) is 6.00. The Balaban J connectivity index is 0.000000595. The number of alkyl halides is 1. The monoisotopic (exact) mass is 689 g/mol. The van der Waals surface area contributed by atoms with Gasteiger partial charge in [-0.1, -0.05) is 6.92 Å². The minimum atomic E-state index is -1.15. The number of likely N-dealkylation sites (tertiary alicyclic amines) is 2. The van der Waals surface area contributed by atoms with Gasteiger partial charge in [0.15, 0.2) is 0 Å². The molecule has 2 heterocycles. The predicted octanol–water partition coefficient (Wildman–Crippen LogP) is 3.18. The van der Waals surface area contributed by atoms with E-state index in [2.05, 4.69) is 17.6 Å². The molecule has 6 saturated carbocycles. The quantitative estimate of drug-likeness (QED) is 0.158. The second-order valence-corrected chi connectivity index (χ2v) is 15.3. The van der Waals surface area contributed by atoms with Crippen molar-refractivity contribution in [1.82, 2.24) is 20.4 Å². The first-order valence-corrected chi connectivity index (χ1v) is 18.6. The van der Waals surface area contributed by atoms with Crippen molar-refractivity contribution in [3.05, 3.63) is 0 Å². The highest BCUT2D eigenvalue weighted by Crippen LogP contribution is 2.54. The van der Waals surface area contributed by atoms with Crippen molar-refractivity contribution in [1.29, 1.82) is 5.26 Å². The van der Waals surface area contributed by atoms with Gasteiger partial charge in [0.1, 0.15) is 25.4 Å². The molecule has 12 nitrogen and oxygen atoms in total. The van der Waals surface area contributed by atoms with Crippen molar-refractivity contribution < 1.29 is 37.8 Å². The fourth-order valence-electron chi connectivity index (χ4n) is 9.08. The Morgan fingerprint density at radius 1 is 0.816 bits per heavy atom. The molecular weight excluding hydrogens is 633 g/mol. The van der Waals surface area contributed by atoms with Gasteiger partial charge in [-0.25, -0.2) is 4.39 Å². The van der Waals surface area contributed by atoms with Gasteiger partial charge >= 0.3 is 11.9 Å². The zero-order valence-corrected chi connectivity index (χ0v) is 29.3. The van der Waals surface area contributed by atoms with Crippen molar-refractivity contribution in [2.45, 2.75) is 127 Å². The lowest BCUT2D eigenvalue weighted by molar-refractivity contribution is -0.167. The number of carbonyl (C=O) groups is 4. The van der Waals surface area contributed by atoms with Crippen LogP contribution < -0.4 is 10.6 Å². The Kier molecular flexibility index (Phi) is 12.6. The van der Waals surface area contributed by atoms with E-state index in [4.69, 9.17) is 14.2 Å². The lowest BCUT2D eigenvalue weighted by Crippen LogP contribution is -2.59. The van der Waals surface area contributed by atoms with Crippen LogP contribution in [0.4, 0.5) is 4.39 Å². The zero-order chi connectivity index (χ0) is 35.0. The topological polar surface area (TPSA) is 150 Å². The maximum atomic E-state index is 13.7. The van der Waals surface area contributed by atoms with Crippen LogP contribution >= 0.6 is 0 Å². The van der Waals surface area contributed by atoms with Crippen LogP contribution in [0.2, 0.25) is 0 Å². The van der Waals surface area contributed by atoms with E-state index in [1.165, 1.54) is 17.7 Å². The fraction of sp³-hybridized carbons (Fsp3) is 0.861. The second kappa shape index (κ2) is 16.5. The summed E-state index contributed by atoms with van der Waals surface area (Å²) >= 11 is 0. The number of ether oxygens (including phenoxy) is 3. The van der Waals surface area contributed by atoms with Gasteiger partial charge in [0, 0.05) is 30.6 Å². The van der Waals surface area contributed by atoms with Gasteiger partial charge in [-0.2, -0.15) is 5.26 Å². The normalized spacial score (nSPS) is 34.6. The summed E-state index contributed by atoms with van der Waals surface area (Å²) in [5.74, 6) is -0.528. The van der Waals surface area contributed by atoms with Gasteiger partial charge in [-0.3, -0.25) is 19.2 Å². The number of fused-ring (bicyclic) bond motifs is 6. The smallest absolute Gasteiger partial charge is 0.312 e. The zero-order valence-electron chi connectivity index (χ0n) is 29.3. The Morgan fingerprint density at radius 2 is 1.31 bits per heavy atom. The standard InChI is InChI=1S/C31H47FN4O6.C5H9NO/c1-2-34-30-9-3-28(4-10-30,5-11-30)26(38)41-17-15-40-16-18-42-27(39)29-6-12-31(13-7-29,14-8-29)35-21-25(37)36-22-23(32)19-24(36)20-33;7-5-6-3-1-2-4-6/h23-24,34-35H,2-19,21-22H2,1H3;5H,1-4H2. The van der Waals surface area contributed by atoms with Gasteiger partial charge in [0.25, 0.3) is 0 Å². The van der Waals surface area contributed by atoms with Crippen LogP contribution in [0, 0.1) is 22.2 Å². The highest BCUT2D eigenvalue weighted by molar-refractivity contribution is 5.80. The van der Waals surface area contributed by atoms with Crippen molar-refractivity contribution in [3.63, 3.8) is 0 Å². The molecule has 2 unspecified atom stereocenters. The Bertz CT molecular complexity index is 1170. The van der Waals surface area contributed by atoms with E-state index in [1.807, 2.05) is 6.07 Å². The van der Waals surface area contributed by atoms with Crippen LogP contribution in [0.5, 0.6) is 0 Å². The first kappa shape index (κ1) is 37.4. The highest BCUT2D eigenvalue weighted by Gasteiger charge is 2.54. The number of esters is 2. The van der Waals surface area contributed by atoms with E-state index < -0.39 is 17.6 Å². The van der Waals surface area contributed by atoms with Gasteiger partial charge in [0.05, 0.1) is 43.2 Å². The molecule has 8 rings (SSSR count). The minimum absolute atomic E-state index is 0.0198. The summed E-state index contributed by atoms with van der Waals surface area (Å²) in [7, 11) is 0. The summed E-state index contributed by atoms with van der Waals surface area (Å²) in [6.07, 6.45) is 12.4. The third-order valence-corrected chi connectivity index (χ3v) is 12.5. The summed E-state index contributed by atoms with van der Waals surface area (Å²) < 4.78 is 30.5. The molecule has 8 fully saturated rings. The molecule has 2 amide bonds. The maximum Gasteiger partial charge on any atom is 0.312 e. The number of nitriles is 1. The average Bonchev–Trinajstić information content (AvgIpc) is 3.81. The Hall–Kier alpha value is -2.82. The number of hydrogen-bond acceptors (Lipinski definition) is 10. The lowest BCUT2D eigenvalue weighted by Gasteiger charge is -2.52. The number of carbonyl (C=O) groups excluding carboxylic acids is 4. The number of halogens is 1. The molecule has 274 valence electrons. The molecule has 2 saturated heterocycles. The van der Waals surface area contributed by atoms with Gasteiger partial charge in [-0.15, -0.1) is 0 Å². The van der Waals surface area contributed by atoms with E-state index in [0.29, 0.717) is 19.3 Å². The lowest BCUT2D eigenvalue weighted by atomic mass is 9.57. The van der Waals surface area contributed by atoms with E-state index in [-0.39, 0.29) is 80.3 Å². The number of rotatable bonds is 14. The molecule has 2 aliphatic heterocycles. The van der Waals surface area contributed by atoms with Crippen LogP contribution in [-0.2, 0) is 33.4 Å². The van der Waals surface area contributed by atoms with Crippen LogP contribution in [0.15, 0.2) is 0 Å². The molecule has 0 aromatic rings. The largest absolute Gasteiger partial charge is 0.463 e. The van der Waals surface area contributed by atoms with Crippen molar-refractivity contribution in [2.24, 2.45) is 10.8 Å². The molecule has 13 heteroatoms. The summed E-state index contributed by atoms with van der Waals surface area (Å²) in [5.41, 5.74) is -0.817. The van der Waals surface area contributed by atoms with Crippen molar-refractivity contribution >= 4 is 24.3 Å². The third kappa shape index (κ3) is 8.74. The number of nitrogens with zero attached hydrogens (tertiary/aromatic N) is 3. The molecule has 4 bridgehead atoms. The molecule has 0 spiro atoms. The number of hydrogen-bond donors (Lipinski definition) is 2. The van der Waals surface area contributed by atoms with Crippen LogP contribution in [0.25, 0.3) is 0 Å². The molecule has 0 aromatic carbocycles. The van der Waals surface area contributed by atoms with E-state index in [9.17, 15) is 28.8 Å². The molecular formula is C36H56FN5O7. The summed E-state index contributed by atoms with van der Waals surface area (Å²) in [5, 5.41) is 16.2. The molecule has 2 atom stereocenters. The molecule has 2 N–H and O–H groups in total. The second-order valence-electron chi connectivity index (χ2n) is 15.3. The first-order valence-electron chi connectivity index (χ1n) is 18.6. The molecule has 0 aromatic heterocycles. The predicted molar refractivity (Wildman–Crippen MR) is 178 cm³/mol. The van der Waals surface area contributed by atoms with Gasteiger partial charge in [0.2, 0.25) is 12.3 Å². The molecule has 6 aliphatic carbocycles. The van der Waals surface area contributed by atoms with Gasteiger partial charge < -0.3 is 34.6 Å². The van der Waals surface area contributed by atoms with Crippen LogP contribution in [0.3, 0.4) is 0 Å². The molecule has 49 heavy (non-hydrogen) atoms. The number of nitrogens with one attached hydrogen (secondary N) is 2. The van der Waals surface area contributed by atoms with Crippen LogP contribution in [0.1, 0.15) is 103 Å². The fourth-order valence-corrected chi connectivity index (χ4v) is 9.08. The molecule has 8 aliphatic rings. The van der Waals surface area contributed by atoms with Crippen molar-refractivity contribution in [2.75, 3.05) is 59.2 Å².